The fraction of sp³-hybridized carbons (Fsp3) is 0.364. The molecule has 1 aromatic carbocycles. The molecule has 1 rings (SSSR count). The smallest absolute Gasteiger partial charge is 0.441 e. The molecule has 17 heavy (non-hydrogen) atoms. The van der Waals surface area contributed by atoms with E-state index in [1.807, 2.05) is 0 Å². The third-order valence-corrected chi connectivity index (χ3v) is 2.94. The van der Waals surface area contributed by atoms with Gasteiger partial charge in [0.15, 0.2) is 0 Å². The van der Waals surface area contributed by atoms with E-state index in [-0.39, 0.29) is 23.9 Å². The number of carboxylic acid groups (broad SMARTS) is 1. The molecule has 1 atom stereocenters. The number of aliphatic carboxylic acids is 1. The normalized spacial score (nSPS) is 13.4. The molecule has 6 heteroatoms. The standard InChI is InChI=1S/C11H11F3O2S/c12-11(13,14)17-7-6-9(10(15)16)8-4-2-1-3-5-8/h1-5,9H,6-7H2,(H,15,16). The molecule has 0 spiro atoms. The van der Waals surface area contributed by atoms with Crippen LogP contribution in [0.4, 0.5) is 13.2 Å². The van der Waals surface area contributed by atoms with Gasteiger partial charge in [-0.2, -0.15) is 13.2 Å². The number of hydrogen-bond donors (Lipinski definition) is 1. The SMILES string of the molecule is O=C(O)C(CCSC(F)(F)F)c1ccccc1. The summed E-state index contributed by atoms with van der Waals surface area (Å²) in [5.74, 6) is -2.24. The van der Waals surface area contributed by atoms with Crippen LogP contribution in [0.5, 0.6) is 0 Å². The highest BCUT2D eigenvalue weighted by molar-refractivity contribution is 8.00. The number of rotatable bonds is 5. The van der Waals surface area contributed by atoms with Crippen LogP contribution in [0.1, 0.15) is 17.9 Å². The number of thioether (sulfide) groups is 1. The molecule has 0 saturated carbocycles. The van der Waals surface area contributed by atoms with Crippen molar-refractivity contribution in [2.24, 2.45) is 0 Å². The Kier molecular flexibility index (Phi) is 4.86. The molecule has 0 fully saturated rings. The van der Waals surface area contributed by atoms with E-state index in [0.717, 1.165) is 0 Å². The van der Waals surface area contributed by atoms with Crippen molar-refractivity contribution in [1.29, 1.82) is 0 Å². The van der Waals surface area contributed by atoms with Crippen molar-refractivity contribution in [3.63, 3.8) is 0 Å². The number of alkyl halides is 3. The van der Waals surface area contributed by atoms with Crippen LogP contribution in [0.15, 0.2) is 30.3 Å². The Morgan fingerprint density at radius 2 is 1.88 bits per heavy atom. The molecule has 0 radical (unpaired) electrons. The van der Waals surface area contributed by atoms with Gasteiger partial charge in [-0.15, -0.1) is 0 Å². The third kappa shape index (κ3) is 5.12. The number of carbonyl (C=O) groups is 1. The Morgan fingerprint density at radius 3 is 2.35 bits per heavy atom. The lowest BCUT2D eigenvalue weighted by Gasteiger charge is -2.13. The van der Waals surface area contributed by atoms with Crippen LogP contribution in [-0.4, -0.2) is 22.3 Å². The van der Waals surface area contributed by atoms with Gasteiger partial charge in [-0.25, -0.2) is 0 Å². The van der Waals surface area contributed by atoms with E-state index in [1.54, 1.807) is 30.3 Å². The highest BCUT2D eigenvalue weighted by Gasteiger charge is 2.29. The second-order valence-electron chi connectivity index (χ2n) is 3.38. The van der Waals surface area contributed by atoms with E-state index < -0.39 is 17.4 Å². The van der Waals surface area contributed by atoms with E-state index >= 15 is 0 Å². The van der Waals surface area contributed by atoms with Gasteiger partial charge in [0.2, 0.25) is 0 Å². The summed E-state index contributed by atoms with van der Waals surface area (Å²) in [7, 11) is 0. The van der Waals surface area contributed by atoms with Crippen LogP contribution in [0.25, 0.3) is 0 Å². The van der Waals surface area contributed by atoms with E-state index in [4.69, 9.17) is 5.11 Å². The first kappa shape index (κ1) is 13.9. The van der Waals surface area contributed by atoms with Crippen LogP contribution in [0.3, 0.4) is 0 Å². The van der Waals surface area contributed by atoms with Crippen LogP contribution in [0, 0.1) is 0 Å². The second-order valence-corrected chi connectivity index (χ2v) is 4.54. The predicted molar refractivity (Wildman–Crippen MR) is 59.9 cm³/mol. The number of hydrogen-bond acceptors (Lipinski definition) is 2. The third-order valence-electron chi connectivity index (χ3n) is 2.17. The fourth-order valence-corrected chi connectivity index (χ4v) is 2.00. The van der Waals surface area contributed by atoms with Crippen molar-refractivity contribution < 1.29 is 23.1 Å². The Balaban J connectivity index is 2.60. The summed E-state index contributed by atoms with van der Waals surface area (Å²) in [5, 5.41) is 8.97. The Hall–Kier alpha value is -1.17. The molecule has 0 aliphatic carbocycles. The van der Waals surface area contributed by atoms with Crippen LogP contribution in [0.2, 0.25) is 0 Å². The van der Waals surface area contributed by atoms with Crippen molar-refractivity contribution in [2.75, 3.05) is 5.75 Å². The van der Waals surface area contributed by atoms with Gasteiger partial charge in [0.05, 0.1) is 5.92 Å². The maximum absolute atomic E-state index is 11.9. The largest absolute Gasteiger partial charge is 0.481 e. The van der Waals surface area contributed by atoms with Crippen LogP contribution >= 0.6 is 11.8 Å². The highest BCUT2D eigenvalue weighted by atomic mass is 32.2. The van der Waals surface area contributed by atoms with Gasteiger partial charge in [0.1, 0.15) is 0 Å². The van der Waals surface area contributed by atoms with Crippen molar-refractivity contribution in [1.82, 2.24) is 0 Å². The summed E-state index contributed by atoms with van der Waals surface area (Å²) < 4.78 is 35.8. The van der Waals surface area contributed by atoms with Crippen molar-refractivity contribution in [3.05, 3.63) is 35.9 Å². The predicted octanol–water partition coefficient (Wildman–Crippen LogP) is 3.50. The number of halogens is 3. The molecule has 0 aliphatic rings. The minimum atomic E-state index is -4.31. The van der Waals surface area contributed by atoms with Crippen molar-refractivity contribution >= 4 is 17.7 Å². The summed E-state index contributed by atoms with van der Waals surface area (Å²) in [6.07, 6.45) is -0.0382. The van der Waals surface area contributed by atoms with Crippen LogP contribution < -0.4 is 0 Å². The van der Waals surface area contributed by atoms with E-state index in [0.29, 0.717) is 5.56 Å². The van der Waals surface area contributed by atoms with Gasteiger partial charge in [-0.1, -0.05) is 42.1 Å². The Morgan fingerprint density at radius 1 is 1.29 bits per heavy atom. The van der Waals surface area contributed by atoms with Gasteiger partial charge in [-0.05, 0) is 12.0 Å². The zero-order valence-electron chi connectivity index (χ0n) is 8.78. The molecular formula is C11H11F3O2S. The summed E-state index contributed by atoms with van der Waals surface area (Å²) >= 11 is -0.189. The zero-order chi connectivity index (χ0) is 12.9. The summed E-state index contributed by atoms with van der Waals surface area (Å²) in [4.78, 5) is 11.0. The summed E-state index contributed by atoms with van der Waals surface area (Å²) in [6, 6.07) is 8.28. The minimum Gasteiger partial charge on any atom is -0.481 e. The lowest BCUT2D eigenvalue weighted by molar-refractivity contribution is -0.138. The first-order valence-electron chi connectivity index (χ1n) is 4.88. The molecule has 1 aromatic rings. The Labute approximate surface area is 101 Å². The quantitative estimate of drug-likeness (QED) is 0.884. The molecule has 2 nitrogen and oxygen atoms in total. The summed E-state index contributed by atoms with van der Waals surface area (Å²) in [5.41, 5.74) is -3.78. The minimum absolute atomic E-state index is 0.0382. The number of carboxylic acids is 1. The number of benzene rings is 1. The van der Waals surface area contributed by atoms with E-state index in [9.17, 15) is 18.0 Å². The molecule has 0 heterocycles. The Bertz CT molecular complexity index is 365. The first-order chi connectivity index (χ1) is 7.90. The maximum Gasteiger partial charge on any atom is 0.441 e. The van der Waals surface area contributed by atoms with Gasteiger partial charge in [-0.3, -0.25) is 4.79 Å². The zero-order valence-corrected chi connectivity index (χ0v) is 9.59. The molecule has 0 aromatic heterocycles. The van der Waals surface area contributed by atoms with Gasteiger partial charge < -0.3 is 5.11 Å². The van der Waals surface area contributed by atoms with Crippen molar-refractivity contribution in [2.45, 2.75) is 17.8 Å². The second kappa shape index (κ2) is 5.95. The van der Waals surface area contributed by atoms with Crippen molar-refractivity contribution in [3.8, 4) is 0 Å². The maximum atomic E-state index is 11.9. The average Bonchev–Trinajstić information content (AvgIpc) is 2.23. The molecule has 0 aliphatic heterocycles. The van der Waals surface area contributed by atoms with Gasteiger partial charge in [0.25, 0.3) is 0 Å². The first-order valence-corrected chi connectivity index (χ1v) is 5.87. The van der Waals surface area contributed by atoms with E-state index in [1.165, 1.54) is 0 Å². The molecule has 94 valence electrons. The van der Waals surface area contributed by atoms with Gasteiger partial charge >= 0.3 is 11.5 Å². The topological polar surface area (TPSA) is 37.3 Å². The van der Waals surface area contributed by atoms with E-state index in [2.05, 4.69) is 0 Å². The molecule has 0 bridgehead atoms. The molecule has 0 saturated heterocycles. The molecule has 1 unspecified atom stereocenters. The highest BCUT2D eigenvalue weighted by Crippen LogP contribution is 2.32. The molecule has 1 N–H and O–H groups in total. The lowest BCUT2D eigenvalue weighted by Crippen LogP contribution is -2.13. The average molecular weight is 264 g/mol. The summed E-state index contributed by atoms with van der Waals surface area (Å²) in [6.45, 7) is 0. The molecular weight excluding hydrogens is 253 g/mol. The monoisotopic (exact) mass is 264 g/mol. The molecule has 0 amide bonds. The fourth-order valence-electron chi connectivity index (χ4n) is 1.41. The lowest BCUT2D eigenvalue weighted by atomic mass is 9.97. The van der Waals surface area contributed by atoms with Crippen LogP contribution in [-0.2, 0) is 4.79 Å². The van der Waals surface area contributed by atoms with Gasteiger partial charge in [0, 0.05) is 5.75 Å².